The van der Waals surface area contributed by atoms with Gasteiger partial charge >= 0.3 is 29.6 Å². The number of hydrogen-bond donors (Lipinski definition) is 0. The Labute approximate surface area is 345 Å². The molecule has 0 atom stereocenters. The number of fused-ring (bicyclic) bond motifs is 24. The van der Waals surface area contributed by atoms with Gasteiger partial charge in [0.2, 0.25) is 0 Å². The molecule has 0 aliphatic carbocycles. The van der Waals surface area contributed by atoms with E-state index in [1.165, 1.54) is 0 Å². The van der Waals surface area contributed by atoms with Crippen molar-refractivity contribution >= 4 is 87.2 Å². The number of nitrogens with zero attached hydrogens (tertiary/aromatic N) is 8. The van der Waals surface area contributed by atoms with E-state index in [4.69, 9.17) is 39.9 Å². The van der Waals surface area contributed by atoms with Gasteiger partial charge in [0.15, 0.2) is 0 Å². The van der Waals surface area contributed by atoms with Gasteiger partial charge in [0.05, 0.1) is 23.3 Å². The molecule has 0 fully saturated rings. The minimum Gasteiger partial charge on any atom is -0.357 e. The van der Waals surface area contributed by atoms with Crippen LogP contribution in [-0.4, -0.2) is 29.9 Å². The molecule has 258 valence electrons. The summed E-state index contributed by atoms with van der Waals surface area (Å²) in [7, 11) is 0. The van der Waals surface area contributed by atoms with E-state index in [0.29, 0.717) is 45.9 Å². The molecule has 0 unspecified atom stereocenters. The second-order valence-corrected chi connectivity index (χ2v) is 14.5. The van der Waals surface area contributed by atoms with Crippen LogP contribution < -0.4 is 39.5 Å². The minimum atomic E-state index is 0. The normalized spacial score (nSPS) is 12.1. The van der Waals surface area contributed by atoms with Gasteiger partial charge in [-0.05, 0) is 113 Å². The standard InChI is InChI=1S/C48H24N8.Na/c1-2-10-26-18-34-33(17-25(26)9-1)41-49-42(34)54-44-37-21-29-13-5-6-14-30(29)22-38(37)46(51-44)56-48-40-24-32-16-8-7-15-31(32)23-39(40)47(52-48)55-45-36-20-28-12-4-3-11-27(28)19-35(36)43(50-45)53-41;/h1-24H;/q-2;+1. The predicted molar refractivity (Wildman–Crippen MR) is 224 cm³/mol. The van der Waals surface area contributed by atoms with Gasteiger partial charge in [-0.1, -0.05) is 97.1 Å². The Morgan fingerprint density at radius 3 is 0.702 bits per heavy atom. The predicted octanol–water partition coefficient (Wildman–Crippen LogP) is 7.74. The van der Waals surface area contributed by atoms with E-state index in [-0.39, 0.29) is 29.6 Å². The largest absolute Gasteiger partial charge is 1.00 e. The van der Waals surface area contributed by atoms with E-state index in [1.54, 1.807) is 0 Å². The molecule has 13 rings (SSSR count). The Bertz CT molecular complexity index is 3260. The Morgan fingerprint density at radius 1 is 0.263 bits per heavy atom. The van der Waals surface area contributed by atoms with Crippen LogP contribution in [0.15, 0.2) is 146 Å². The Morgan fingerprint density at radius 2 is 0.474 bits per heavy atom. The van der Waals surface area contributed by atoms with Gasteiger partial charge in [0.1, 0.15) is 0 Å². The van der Waals surface area contributed by atoms with Gasteiger partial charge in [-0.25, -0.2) is 9.97 Å². The zero-order chi connectivity index (χ0) is 36.5. The van der Waals surface area contributed by atoms with Crippen LogP contribution in [0.5, 0.6) is 0 Å². The fourth-order valence-corrected chi connectivity index (χ4v) is 8.41. The molecule has 3 aromatic heterocycles. The summed E-state index contributed by atoms with van der Waals surface area (Å²) >= 11 is 0. The van der Waals surface area contributed by atoms with Crippen molar-refractivity contribution in [2.75, 3.05) is 0 Å². The summed E-state index contributed by atoms with van der Waals surface area (Å²) < 4.78 is 0. The maximum atomic E-state index is 5.24. The van der Waals surface area contributed by atoms with E-state index >= 15 is 0 Å². The van der Waals surface area contributed by atoms with Gasteiger partial charge in [-0.15, -0.1) is 0 Å². The monoisotopic (exact) mass is 735 g/mol. The van der Waals surface area contributed by atoms with Gasteiger partial charge in [0, 0.05) is 44.8 Å². The summed E-state index contributed by atoms with van der Waals surface area (Å²) in [6.07, 6.45) is 0. The van der Waals surface area contributed by atoms with E-state index < -0.39 is 0 Å². The molecule has 0 saturated heterocycles. The average Bonchev–Trinajstić information content (AvgIpc) is 3.95. The molecule has 0 saturated carbocycles. The molecular formula is C48H24N8Na-. The molecule has 11 aromatic rings. The van der Waals surface area contributed by atoms with Crippen molar-refractivity contribution in [2.45, 2.75) is 0 Å². The molecule has 8 bridgehead atoms. The van der Waals surface area contributed by atoms with Crippen molar-refractivity contribution < 1.29 is 29.6 Å². The molecule has 0 radical (unpaired) electrons. The van der Waals surface area contributed by atoms with Gasteiger partial charge in [-0.2, -0.15) is 0 Å². The molecule has 0 spiro atoms. The Kier molecular flexibility index (Phi) is 6.87. The van der Waals surface area contributed by atoms with E-state index in [9.17, 15) is 0 Å². The number of hydrogen-bond acceptors (Lipinski definition) is 6. The molecule has 2 aliphatic rings. The molecule has 8 aromatic carbocycles. The van der Waals surface area contributed by atoms with Gasteiger partial charge < -0.3 is 29.9 Å². The third-order valence-corrected chi connectivity index (χ3v) is 11.2. The second kappa shape index (κ2) is 12.1. The first kappa shape index (κ1) is 32.4. The van der Waals surface area contributed by atoms with Crippen molar-refractivity contribution in [1.29, 1.82) is 0 Å². The molecule has 5 heterocycles. The third kappa shape index (κ3) is 4.91. The van der Waals surface area contributed by atoms with E-state index in [0.717, 1.165) is 86.9 Å². The van der Waals surface area contributed by atoms with Crippen molar-refractivity contribution in [3.8, 4) is 45.6 Å². The van der Waals surface area contributed by atoms with Crippen LogP contribution in [0.2, 0.25) is 0 Å². The summed E-state index contributed by atoms with van der Waals surface area (Å²) in [6.45, 7) is 0. The zero-order valence-corrected chi connectivity index (χ0v) is 32.4. The maximum Gasteiger partial charge on any atom is 1.00 e. The van der Waals surface area contributed by atoms with Crippen molar-refractivity contribution in [1.82, 2.24) is 39.9 Å². The second-order valence-electron chi connectivity index (χ2n) is 14.5. The van der Waals surface area contributed by atoms with Crippen LogP contribution in [0.25, 0.3) is 133 Å². The molecular weight excluding hydrogens is 712 g/mol. The van der Waals surface area contributed by atoms with Crippen LogP contribution in [0.4, 0.5) is 0 Å². The summed E-state index contributed by atoms with van der Waals surface area (Å²) in [6, 6.07) is 50.4. The number of benzene rings is 8. The van der Waals surface area contributed by atoms with Crippen LogP contribution in [-0.2, 0) is 0 Å². The van der Waals surface area contributed by atoms with Crippen molar-refractivity contribution in [2.24, 2.45) is 0 Å². The van der Waals surface area contributed by atoms with Crippen LogP contribution in [0, 0.1) is 0 Å². The summed E-state index contributed by atoms with van der Waals surface area (Å²) in [5.74, 6) is 2.14. The first-order valence-corrected chi connectivity index (χ1v) is 18.5. The smallest absolute Gasteiger partial charge is 0.357 e. The summed E-state index contributed by atoms with van der Waals surface area (Å²) in [5, 5.41) is 12.2. The van der Waals surface area contributed by atoms with Gasteiger partial charge in [0.25, 0.3) is 0 Å². The zero-order valence-electron chi connectivity index (χ0n) is 30.4. The SMILES string of the molecule is [Na+].c1ccc2cc3c(cc2c1)-c1nc-3nc2[n-]c(nc3nc(nc4[n-]c(n1)c1cc5ccccc5cc41)-c1cc4ccccc4cc1-3)c1cc3ccccc3cc21. The Balaban J connectivity index is 0.00000356. The fourth-order valence-electron chi connectivity index (χ4n) is 8.41. The first-order valence-electron chi connectivity index (χ1n) is 18.5. The maximum absolute atomic E-state index is 5.24. The summed E-state index contributed by atoms with van der Waals surface area (Å²) in [5.41, 5.74) is 5.67. The molecule has 8 nitrogen and oxygen atoms in total. The van der Waals surface area contributed by atoms with E-state index in [2.05, 4.69) is 97.1 Å². The molecule has 0 N–H and O–H groups in total. The molecule has 9 heteroatoms. The van der Waals surface area contributed by atoms with Gasteiger partial charge in [-0.3, -0.25) is 0 Å². The number of aromatic nitrogens is 8. The summed E-state index contributed by atoms with van der Waals surface area (Å²) in [4.78, 5) is 41.6. The molecule has 2 aliphatic heterocycles. The third-order valence-electron chi connectivity index (χ3n) is 11.2. The van der Waals surface area contributed by atoms with Crippen LogP contribution >= 0.6 is 0 Å². The average molecular weight is 736 g/mol. The quantitative estimate of drug-likeness (QED) is 0.146. The van der Waals surface area contributed by atoms with E-state index in [1.807, 2.05) is 48.5 Å². The van der Waals surface area contributed by atoms with Crippen LogP contribution in [0.1, 0.15) is 0 Å². The minimum absolute atomic E-state index is 0. The Hall–Kier alpha value is -6.84. The van der Waals surface area contributed by atoms with Crippen LogP contribution in [0.3, 0.4) is 0 Å². The number of rotatable bonds is 0. The first-order chi connectivity index (χ1) is 27.7. The van der Waals surface area contributed by atoms with Crippen molar-refractivity contribution in [3.05, 3.63) is 146 Å². The molecule has 0 amide bonds. The fraction of sp³-hybridized carbons (Fsp3) is 0. The van der Waals surface area contributed by atoms with Crippen molar-refractivity contribution in [3.63, 3.8) is 0 Å². The topological polar surface area (TPSA) is 106 Å². The molecule has 57 heavy (non-hydrogen) atoms.